The zero-order chi connectivity index (χ0) is 36.8. The van der Waals surface area contributed by atoms with Gasteiger partial charge >= 0.3 is 12.3 Å². The van der Waals surface area contributed by atoms with E-state index in [1.807, 2.05) is 6.07 Å². The molecule has 0 fully saturated rings. The minimum atomic E-state index is -4.60. The molecule has 0 saturated heterocycles. The van der Waals surface area contributed by atoms with Crippen molar-refractivity contribution in [1.82, 2.24) is 20.5 Å². The molecule has 262 valence electrons. The summed E-state index contributed by atoms with van der Waals surface area (Å²) in [5.41, 5.74) is -4.29. The first-order chi connectivity index (χ1) is 23.2. The molecule has 1 N–H and O–H groups in total. The number of hydrogen-bond acceptors (Lipinski definition) is 8. The number of halogens is 6. The van der Waals surface area contributed by atoms with E-state index in [4.69, 9.17) is 9.15 Å². The predicted molar refractivity (Wildman–Crippen MR) is 166 cm³/mol. The molecule has 3 heterocycles. The van der Waals surface area contributed by atoms with Gasteiger partial charge in [-0.1, -0.05) is 24.3 Å². The first-order valence-electron chi connectivity index (χ1n) is 15.1. The van der Waals surface area contributed by atoms with Crippen LogP contribution in [0.15, 0.2) is 59.1 Å². The second kappa shape index (κ2) is 12.8. The molecule has 4 aromatic rings. The zero-order valence-corrected chi connectivity index (χ0v) is 27.3. The number of carbonyl (C=O) groups is 2. The lowest BCUT2D eigenvalue weighted by atomic mass is 9.96. The Morgan fingerprint density at radius 1 is 1.08 bits per heavy atom. The Morgan fingerprint density at radius 2 is 1.76 bits per heavy atom. The van der Waals surface area contributed by atoms with Crippen LogP contribution < -0.4 is 10.2 Å². The first kappa shape index (κ1) is 35.8. The number of pyridine rings is 1. The third kappa shape index (κ3) is 7.56. The fourth-order valence-corrected chi connectivity index (χ4v) is 5.09. The normalized spacial score (nSPS) is 16.3. The van der Waals surface area contributed by atoms with Crippen molar-refractivity contribution in [3.05, 3.63) is 83.1 Å². The average Bonchev–Trinajstić information content (AvgIpc) is 3.51. The summed E-state index contributed by atoms with van der Waals surface area (Å²) >= 11 is 0. The molecule has 1 atom stereocenters. The maximum absolute atomic E-state index is 15.9. The standard InChI is InChI=1S/C34H30F6N6O4/c1-31(2,3)50-30(48)43-25-15-33(36,37)22-14-23(35)21(27-44-45-29(49-27)32(4,5)17-41)13-26(22)46(28(25)47)16-18-6-8-19(9-7-18)24-12-20(10-11-42-24)34(38,39)40/h6-14,25H,15-16H2,1-5H3,(H,43,48)/t25-/m1/s1. The van der Waals surface area contributed by atoms with Gasteiger partial charge in [0, 0.05) is 23.7 Å². The predicted octanol–water partition coefficient (Wildman–Crippen LogP) is 7.68. The first-order valence-corrected chi connectivity index (χ1v) is 15.1. The molecule has 0 spiro atoms. The van der Waals surface area contributed by atoms with E-state index < -0.39 is 88.2 Å². The van der Waals surface area contributed by atoms with Crippen molar-refractivity contribution < 1.29 is 45.1 Å². The Hall–Kier alpha value is -5.46. The van der Waals surface area contributed by atoms with Crippen LogP contribution in [0, 0.1) is 17.1 Å². The fourth-order valence-electron chi connectivity index (χ4n) is 5.09. The molecule has 1 aliphatic heterocycles. The molecule has 0 radical (unpaired) electrons. The van der Waals surface area contributed by atoms with Gasteiger partial charge in [-0.3, -0.25) is 9.78 Å². The van der Waals surface area contributed by atoms with E-state index in [1.54, 1.807) is 20.8 Å². The van der Waals surface area contributed by atoms with Crippen molar-refractivity contribution in [2.24, 2.45) is 0 Å². The van der Waals surface area contributed by atoms with Crippen molar-refractivity contribution in [3.8, 4) is 28.8 Å². The molecule has 5 rings (SSSR count). The summed E-state index contributed by atoms with van der Waals surface area (Å²) in [5.74, 6) is -6.64. The van der Waals surface area contributed by atoms with Crippen LogP contribution in [0.5, 0.6) is 0 Å². The number of alkyl carbamates (subject to hydrolysis) is 1. The van der Waals surface area contributed by atoms with Crippen LogP contribution in [0.3, 0.4) is 0 Å². The maximum Gasteiger partial charge on any atom is 0.416 e. The van der Waals surface area contributed by atoms with Crippen molar-refractivity contribution in [3.63, 3.8) is 0 Å². The van der Waals surface area contributed by atoms with Crippen molar-refractivity contribution in [2.45, 2.75) is 76.7 Å². The Morgan fingerprint density at radius 3 is 2.38 bits per heavy atom. The largest absolute Gasteiger partial charge is 0.444 e. The Balaban J connectivity index is 1.58. The summed E-state index contributed by atoms with van der Waals surface area (Å²) in [4.78, 5) is 31.6. The molecule has 0 unspecified atom stereocenters. The number of benzene rings is 2. The lowest BCUT2D eigenvalue weighted by Gasteiger charge is -2.27. The summed E-state index contributed by atoms with van der Waals surface area (Å²) < 4.78 is 98.0. The molecule has 0 bridgehead atoms. The van der Waals surface area contributed by atoms with Crippen molar-refractivity contribution >= 4 is 17.7 Å². The smallest absolute Gasteiger partial charge is 0.416 e. The summed E-state index contributed by atoms with van der Waals surface area (Å²) in [6, 6.07) is 9.13. The van der Waals surface area contributed by atoms with Crippen LogP contribution >= 0.6 is 0 Å². The number of alkyl halides is 5. The molecule has 2 amide bonds. The molecular formula is C34H30F6N6O4. The molecule has 50 heavy (non-hydrogen) atoms. The summed E-state index contributed by atoms with van der Waals surface area (Å²) in [7, 11) is 0. The van der Waals surface area contributed by atoms with E-state index >= 15 is 13.2 Å². The molecule has 2 aromatic heterocycles. The molecule has 0 saturated carbocycles. The van der Waals surface area contributed by atoms with Gasteiger partial charge in [0.1, 0.15) is 22.9 Å². The zero-order valence-electron chi connectivity index (χ0n) is 27.3. The second-order valence-corrected chi connectivity index (χ2v) is 13.2. The number of anilines is 1. The van der Waals surface area contributed by atoms with Gasteiger partial charge in [0.15, 0.2) is 0 Å². The Bertz CT molecular complexity index is 1980. The van der Waals surface area contributed by atoms with Gasteiger partial charge in [0.05, 0.1) is 35.1 Å². The Kier molecular flexibility index (Phi) is 9.16. The molecule has 2 aromatic carbocycles. The number of nitrogens with one attached hydrogen (secondary N) is 1. The lowest BCUT2D eigenvalue weighted by Crippen LogP contribution is -2.49. The second-order valence-electron chi connectivity index (χ2n) is 13.2. The maximum atomic E-state index is 15.9. The topological polar surface area (TPSA) is 134 Å². The highest BCUT2D eigenvalue weighted by Gasteiger charge is 2.47. The number of aromatic nitrogens is 3. The number of ether oxygens (including phenoxy) is 1. The Labute approximate surface area is 282 Å². The van der Waals surface area contributed by atoms with E-state index in [9.17, 15) is 28.0 Å². The quantitative estimate of drug-likeness (QED) is 0.203. The van der Waals surface area contributed by atoms with Gasteiger partial charge < -0.3 is 19.4 Å². The number of rotatable bonds is 6. The average molecular weight is 701 g/mol. The molecule has 1 aliphatic rings. The van der Waals surface area contributed by atoms with E-state index in [0.29, 0.717) is 17.2 Å². The van der Waals surface area contributed by atoms with E-state index in [0.717, 1.165) is 29.3 Å². The van der Waals surface area contributed by atoms with Gasteiger partial charge in [-0.05, 0) is 64.4 Å². The fraction of sp³-hybridized carbons (Fsp3) is 0.353. The van der Waals surface area contributed by atoms with Crippen LogP contribution in [0.4, 0.5) is 36.8 Å². The highest BCUT2D eigenvalue weighted by atomic mass is 19.4. The minimum Gasteiger partial charge on any atom is -0.444 e. The molecule has 0 aliphatic carbocycles. The molecular weight excluding hydrogens is 670 g/mol. The van der Waals surface area contributed by atoms with Gasteiger partial charge in [0.2, 0.25) is 11.8 Å². The number of nitriles is 1. The summed E-state index contributed by atoms with van der Waals surface area (Å²) in [6.07, 6.45) is -5.96. The van der Waals surface area contributed by atoms with Crippen LogP contribution in [-0.4, -0.2) is 38.8 Å². The van der Waals surface area contributed by atoms with E-state index in [2.05, 4.69) is 20.5 Å². The van der Waals surface area contributed by atoms with Crippen LogP contribution in [0.25, 0.3) is 22.7 Å². The number of nitrogens with zero attached hydrogens (tertiary/aromatic N) is 5. The number of carbonyl (C=O) groups excluding carboxylic acids is 2. The monoisotopic (exact) mass is 700 g/mol. The number of fused-ring (bicyclic) bond motifs is 1. The summed E-state index contributed by atoms with van der Waals surface area (Å²) in [6.45, 7) is 7.19. The molecule has 16 heteroatoms. The number of amides is 2. The highest BCUT2D eigenvalue weighted by molar-refractivity contribution is 6.01. The van der Waals surface area contributed by atoms with Crippen LogP contribution in [-0.2, 0) is 33.6 Å². The van der Waals surface area contributed by atoms with Crippen molar-refractivity contribution in [2.75, 3.05) is 4.90 Å². The lowest BCUT2D eigenvalue weighted by molar-refractivity contribution is -0.137. The van der Waals surface area contributed by atoms with E-state index in [1.165, 1.54) is 38.1 Å². The van der Waals surface area contributed by atoms with Gasteiger partial charge in [0.25, 0.3) is 11.8 Å². The van der Waals surface area contributed by atoms with Crippen LogP contribution in [0.1, 0.15) is 63.6 Å². The van der Waals surface area contributed by atoms with Crippen molar-refractivity contribution in [1.29, 1.82) is 5.26 Å². The van der Waals surface area contributed by atoms with Gasteiger partial charge in [-0.2, -0.15) is 18.4 Å². The highest BCUT2D eigenvalue weighted by Crippen LogP contribution is 2.45. The molecule has 10 nitrogen and oxygen atoms in total. The third-order valence-corrected chi connectivity index (χ3v) is 7.63. The third-order valence-electron chi connectivity index (χ3n) is 7.63. The minimum absolute atomic E-state index is 0.0162. The van der Waals surface area contributed by atoms with Crippen LogP contribution in [0.2, 0.25) is 0 Å². The van der Waals surface area contributed by atoms with Gasteiger partial charge in [-0.25, -0.2) is 18.0 Å². The van der Waals surface area contributed by atoms with Gasteiger partial charge in [-0.15, -0.1) is 10.2 Å². The number of hydrogen-bond donors (Lipinski definition) is 1. The SMILES string of the molecule is CC(C)(C)OC(=O)N[C@@H]1CC(F)(F)c2cc(F)c(-c3nnc(C(C)(C)C#N)o3)cc2N(Cc2ccc(-c3cc(C(F)(F)F)ccn3)cc2)C1=O. The summed E-state index contributed by atoms with van der Waals surface area (Å²) in [5, 5.41) is 19.2. The van der Waals surface area contributed by atoms with E-state index in [-0.39, 0.29) is 11.6 Å².